The van der Waals surface area contributed by atoms with Crippen LogP contribution in [-0.4, -0.2) is 37.2 Å². The van der Waals surface area contributed by atoms with Crippen molar-refractivity contribution in [1.29, 1.82) is 0 Å². The number of hydrogen-bond donors (Lipinski definition) is 0. The van der Waals surface area contributed by atoms with Gasteiger partial charge in [-0.05, 0) is 109 Å². The van der Waals surface area contributed by atoms with Gasteiger partial charge in [-0.2, -0.15) is 0 Å². The van der Waals surface area contributed by atoms with E-state index in [9.17, 15) is 14.4 Å². The van der Waals surface area contributed by atoms with Gasteiger partial charge in [-0.15, -0.1) is 0 Å². The molecule has 0 aromatic rings. The maximum atomic E-state index is 12.9. The Morgan fingerprint density at radius 3 is 0.769 bits per heavy atom. The first-order valence-electron chi connectivity index (χ1n) is 33.9. The minimum Gasteiger partial charge on any atom is -0.462 e. The highest BCUT2D eigenvalue weighted by Gasteiger charge is 2.19. The highest BCUT2D eigenvalue weighted by Crippen LogP contribution is 2.17. The standard InChI is InChI=1S/C72H128O6/c1-4-7-10-13-16-19-22-25-28-30-32-34-36-38-40-42-44-47-50-53-56-59-62-65-71(74)77-68-69(67-76-70(73)64-61-58-55-52-49-46-27-24-21-18-15-12-9-6-3)78-72(75)66-63-60-57-54-51-48-45-43-41-39-37-35-33-31-29-26-23-20-17-14-11-8-5-2/h15,18,22,24-25,27,30-33,36,38,69H,4-14,16-17,19-21,23,26,28-29,34-35,37,39-68H2,1-3H3/b18-15-,25-22-,27-24-,32-30-,33-31-,38-36-. The molecule has 452 valence electrons. The molecule has 6 nitrogen and oxygen atoms in total. The summed E-state index contributed by atoms with van der Waals surface area (Å²) in [4.78, 5) is 38.4. The van der Waals surface area contributed by atoms with Crippen molar-refractivity contribution in [3.63, 3.8) is 0 Å². The summed E-state index contributed by atoms with van der Waals surface area (Å²) in [6, 6.07) is 0. The number of carbonyl (C=O) groups is 3. The van der Waals surface area contributed by atoms with Crippen LogP contribution < -0.4 is 0 Å². The summed E-state index contributed by atoms with van der Waals surface area (Å²) in [5, 5.41) is 0. The predicted molar refractivity (Wildman–Crippen MR) is 339 cm³/mol. The van der Waals surface area contributed by atoms with Crippen LogP contribution in [0.2, 0.25) is 0 Å². The molecule has 0 spiro atoms. The molecule has 0 fully saturated rings. The Morgan fingerprint density at radius 2 is 0.474 bits per heavy atom. The molecule has 0 rings (SSSR count). The number of unbranched alkanes of at least 4 members (excludes halogenated alkanes) is 39. The lowest BCUT2D eigenvalue weighted by molar-refractivity contribution is -0.167. The van der Waals surface area contributed by atoms with Gasteiger partial charge in [0.1, 0.15) is 13.2 Å². The fourth-order valence-corrected chi connectivity index (χ4v) is 9.76. The Balaban J connectivity index is 4.34. The van der Waals surface area contributed by atoms with E-state index < -0.39 is 6.10 Å². The second kappa shape index (κ2) is 66.4. The molecule has 0 bridgehead atoms. The summed E-state index contributed by atoms with van der Waals surface area (Å²) in [5.41, 5.74) is 0. The first-order valence-corrected chi connectivity index (χ1v) is 33.9. The van der Waals surface area contributed by atoms with Crippen molar-refractivity contribution in [2.45, 2.75) is 354 Å². The SMILES string of the molecule is CCCC/C=C\C/C=C\CCCCCCCC(=O)OCC(COC(=O)CCCCCCCCCC/C=C\C/C=C\C/C=C\CCCCCCC)OC(=O)CCCCCCCCCCCCC/C=C\CCCCCCCCCC. The summed E-state index contributed by atoms with van der Waals surface area (Å²) in [5.74, 6) is -0.887. The molecule has 1 atom stereocenters. The molecule has 0 amide bonds. The third-order valence-corrected chi connectivity index (χ3v) is 14.9. The number of esters is 3. The lowest BCUT2D eigenvalue weighted by Gasteiger charge is -2.18. The topological polar surface area (TPSA) is 78.9 Å². The van der Waals surface area contributed by atoms with Crippen molar-refractivity contribution in [2.24, 2.45) is 0 Å². The molecule has 6 heteroatoms. The van der Waals surface area contributed by atoms with Crippen LogP contribution >= 0.6 is 0 Å². The largest absolute Gasteiger partial charge is 0.462 e. The van der Waals surface area contributed by atoms with E-state index in [0.29, 0.717) is 19.3 Å². The Kier molecular flexibility index (Phi) is 63.7. The normalized spacial score (nSPS) is 12.5. The predicted octanol–water partition coefficient (Wildman–Crippen LogP) is 23.3. The Morgan fingerprint density at radius 1 is 0.256 bits per heavy atom. The monoisotopic (exact) mass is 1090 g/mol. The first-order chi connectivity index (χ1) is 38.5. The van der Waals surface area contributed by atoms with Gasteiger partial charge in [-0.1, -0.05) is 293 Å². The van der Waals surface area contributed by atoms with Crippen LogP contribution in [0.25, 0.3) is 0 Å². The summed E-state index contributed by atoms with van der Waals surface area (Å²) >= 11 is 0. The molecule has 1 unspecified atom stereocenters. The van der Waals surface area contributed by atoms with Crippen molar-refractivity contribution in [2.75, 3.05) is 13.2 Å². The van der Waals surface area contributed by atoms with E-state index in [4.69, 9.17) is 14.2 Å². The summed E-state index contributed by atoms with van der Waals surface area (Å²) in [6.07, 6.45) is 86.3. The van der Waals surface area contributed by atoms with E-state index in [1.54, 1.807) is 0 Å². The van der Waals surface area contributed by atoms with E-state index in [1.807, 2.05) is 0 Å². The Labute approximate surface area is 484 Å². The second-order valence-electron chi connectivity index (χ2n) is 22.7. The van der Waals surface area contributed by atoms with Gasteiger partial charge < -0.3 is 14.2 Å². The number of ether oxygens (including phenoxy) is 3. The fourth-order valence-electron chi connectivity index (χ4n) is 9.76. The van der Waals surface area contributed by atoms with Gasteiger partial charge in [-0.25, -0.2) is 0 Å². The van der Waals surface area contributed by atoms with Gasteiger partial charge in [0.2, 0.25) is 0 Å². The molecule has 0 radical (unpaired) electrons. The molecular formula is C72H128O6. The molecule has 0 saturated carbocycles. The average molecular weight is 1090 g/mol. The van der Waals surface area contributed by atoms with E-state index >= 15 is 0 Å². The van der Waals surface area contributed by atoms with Crippen LogP contribution in [0.15, 0.2) is 72.9 Å². The van der Waals surface area contributed by atoms with Crippen LogP contribution in [0.3, 0.4) is 0 Å². The molecule has 0 aromatic heterocycles. The van der Waals surface area contributed by atoms with Crippen LogP contribution in [0.1, 0.15) is 348 Å². The fraction of sp³-hybridized carbons (Fsp3) is 0.792. The van der Waals surface area contributed by atoms with Crippen LogP contribution in [0, 0.1) is 0 Å². The molecule has 0 aliphatic carbocycles. The molecule has 0 aliphatic rings. The zero-order chi connectivity index (χ0) is 56.4. The van der Waals surface area contributed by atoms with Crippen LogP contribution in [0.5, 0.6) is 0 Å². The number of allylic oxidation sites excluding steroid dienone is 12. The molecule has 0 saturated heterocycles. The number of rotatable bonds is 62. The Hall–Kier alpha value is -3.15. The van der Waals surface area contributed by atoms with Crippen LogP contribution in [-0.2, 0) is 28.6 Å². The van der Waals surface area contributed by atoms with E-state index in [2.05, 4.69) is 93.7 Å². The van der Waals surface area contributed by atoms with Crippen molar-refractivity contribution >= 4 is 17.9 Å². The van der Waals surface area contributed by atoms with Crippen molar-refractivity contribution in [3.05, 3.63) is 72.9 Å². The summed E-state index contributed by atoms with van der Waals surface area (Å²) < 4.78 is 17.0. The maximum absolute atomic E-state index is 12.9. The zero-order valence-electron chi connectivity index (χ0n) is 51.9. The lowest BCUT2D eigenvalue weighted by atomic mass is 10.0. The second-order valence-corrected chi connectivity index (χ2v) is 22.7. The quantitative estimate of drug-likeness (QED) is 0.0261. The maximum Gasteiger partial charge on any atom is 0.306 e. The third kappa shape index (κ3) is 63.7. The smallest absolute Gasteiger partial charge is 0.306 e. The van der Waals surface area contributed by atoms with Gasteiger partial charge in [-0.3, -0.25) is 14.4 Å². The number of carbonyl (C=O) groups excluding carboxylic acids is 3. The van der Waals surface area contributed by atoms with Crippen molar-refractivity contribution < 1.29 is 28.6 Å². The van der Waals surface area contributed by atoms with E-state index in [1.165, 1.54) is 212 Å². The zero-order valence-corrected chi connectivity index (χ0v) is 51.9. The molecule has 0 N–H and O–H groups in total. The molecule has 0 aromatic carbocycles. The Bertz CT molecular complexity index is 1440. The van der Waals surface area contributed by atoms with Gasteiger partial charge in [0, 0.05) is 19.3 Å². The van der Waals surface area contributed by atoms with Crippen molar-refractivity contribution in [1.82, 2.24) is 0 Å². The van der Waals surface area contributed by atoms with E-state index in [0.717, 1.165) is 96.3 Å². The van der Waals surface area contributed by atoms with Gasteiger partial charge in [0.15, 0.2) is 6.10 Å². The highest BCUT2D eigenvalue weighted by molar-refractivity contribution is 5.71. The first kappa shape index (κ1) is 74.8. The summed E-state index contributed by atoms with van der Waals surface area (Å²) in [6.45, 7) is 6.61. The van der Waals surface area contributed by atoms with Crippen molar-refractivity contribution in [3.8, 4) is 0 Å². The molecular weight excluding hydrogens is 961 g/mol. The lowest BCUT2D eigenvalue weighted by Crippen LogP contribution is -2.30. The summed E-state index contributed by atoms with van der Waals surface area (Å²) in [7, 11) is 0. The van der Waals surface area contributed by atoms with Gasteiger partial charge >= 0.3 is 17.9 Å². The van der Waals surface area contributed by atoms with Gasteiger partial charge in [0.05, 0.1) is 0 Å². The van der Waals surface area contributed by atoms with Gasteiger partial charge in [0.25, 0.3) is 0 Å². The highest BCUT2D eigenvalue weighted by atomic mass is 16.6. The minimum absolute atomic E-state index is 0.0826. The number of hydrogen-bond acceptors (Lipinski definition) is 6. The average Bonchev–Trinajstić information content (AvgIpc) is 3.44. The molecule has 78 heavy (non-hydrogen) atoms. The van der Waals surface area contributed by atoms with Crippen LogP contribution in [0.4, 0.5) is 0 Å². The van der Waals surface area contributed by atoms with E-state index in [-0.39, 0.29) is 31.1 Å². The minimum atomic E-state index is -0.786. The third-order valence-electron chi connectivity index (χ3n) is 14.9. The molecule has 0 aliphatic heterocycles. The molecule has 0 heterocycles.